The van der Waals surface area contributed by atoms with Gasteiger partial charge < -0.3 is 4.74 Å². The molecule has 4 heteroatoms. The summed E-state index contributed by atoms with van der Waals surface area (Å²) < 4.78 is 4.90. The number of hydrogen-bond donors (Lipinski definition) is 0. The molecule has 1 aromatic carbocycles. The molecule has 0 saturated carbocycles. The van der Waals surface area contributed by atoms with Crippen LogP contribution in [-0.2, 0) is 4.79 Å². The summed E-state index contributed by atoms with van der Waals surface area (Å²) in [6, 6.07) is 6.57. The van der Waals surface area contributed by atoms with Crippen molar-refractivity contribution in [1.82, 2.24) is 0 Å². The normalized spacial score (nSPS) is 8.31. The zero-order valence-electron chi connectivity index (χ0n) is 6.94. The Morgan fingerprint density at radius 3 is 2.85 bits per heavy atom. The number of methoxy groups -OCH3 is 1. The van der Waals surface area contributed by atoms with E-state index in [-0.39, 0.29) is 5.69 Å². The topological polar surface area (TPSA) is 62.4 Å². The van der Waals surface area contributed by atoms with E-state index in [1.807, 2.05) is 6.07 Å². The molecule has 1 rings (SSSR count). The van der Waals surface area contributed by atoms with Crippen molar-refractivity contribution in [2.75, 3.05) is 7.11 Å². The van der Waals surface area contributed by atoms with Crippen molar-refractivity contribution in [3.63, 3.8) is 0 Å². The molecule has 64 valence electrons. The molecule has 0 amide bonds. The van der Waals surface area contributed by atoms with Gasteiger partial charge >= 0.3 is 0 Å². The molecule has 0 fully saturated rings. The number of aliphatic imine (C=N–C) groups is 1. The number of ether oxygens (including phenoxy) is 1. The van der Waals surface area contributed by atoms with Gasteiger partial charge in [0.05, 0.1) is 18.4 Å². The van der Waals surface area contributed by atoms with E-state index in [2.05, 4.69) is 4.99 Å². The van der Waals surface area contributed by atoms with Crippen molar-refractivity contribution in [1.29, 1.82) is 5.26 Å². The van der Waals surface area contributed by atoms with Crippen LogP contribution in [0.3, 0.4) is 0 Å². The van der Waals surface area contributed by atoms with Gasteiger partial charge in [0.1, 0.15) is 11.8 Å². The first-order valence-electron chi connectivity index (χ1n) is 3.48. The maximum atomic E-state index is 10.0. The minimum atomic E-state index is 0.275. The second kappa shape index (κ2) is 4.05. The summed E-state index contributed by atoms with van der Waals surface area (Å²) >= 11 is 0. The van der Waals surface area contributed by atoms with Crippen molar-refractivity contribution in [2.45, 2.75) is 0 Å². The highest BCUT2D eigenvalue weighted by Crippen LogP contribution is 2.23. The lowest BCUT2D eigenvalue weighted by Gasteiger charge is -2.00. The van der Waals surface area contributed by atoms with Gasteiger partial charge in [0.2, 0.25) is 6.08 Å². The molecule has 4 nitrogen and oxygen atoms in total. The molecule has 0 bridgehead atoms. The van der Waals surface area contributed by atoms with Crippen molar-refractivity contribution < 1.29 is 9.53 Å². The molecule has 0 aliphatic carbocycles. The highest BCUT2D eigenvalue weighted by atomic mass is 16.5. The Kier molecular flexibility index (Phi) is 2.80. The number of rotatable bonds is 2. The lowest BCUT2D eigenvalue weighted by atomic mass is 10.2. The van der Waals surface area contributed by atoms with Crippen LogP contribution in [0.4, 0.5) is 5.69 Å². The van der Waals surface area contributed by atoms with E-state index in [1.54, 1.807) is 6.07 Å². The molecule has 0 N–H and O–H groups in total. The Bertz CT molecular complexity index is 401. The van der Waals surface area contributed by atoms with E-state index in [1.165, 1.54) is 25.3 Å². The van der Waals surface area contributed by atoms with Gasteiger partial charge in [0, 0.05) is 6.07 Å². The Morgan fingerprint density at radius 1 is 1.54 bits per heavy atom. The predicted octanol–water partition coefficient (Wildman–Crippen LogP) is 1.53. The maximum Gasteiger partial charge on any atom is 0.240 e. The smallest absolute Gasteiger partial charge is 0.240 e. The van der Waals surface area contributed by atoms with Crippen LogP contribution < -0.4 is 4.74 Å². The third kappa shape index (κ3) is 1.92. The van der Waals surface area contributed by atoms with Crippen LogP contribution in [0.5, 0.6) is 5.75 Å². The van der Waals surface area contributed by atoms with Gasteiger partial charge in [-0.25, -0.2) is 4.79 Å². The highest BCUT2D eigenvalue weighted by Gasteiger charge is 2.01. The zero-order chi connectivity index (χ0) is 9.68. The molecule has 0 unspecified atom stereocenters. The van der Waals surface area contributed by atoms with Crippen molar-refractivity contribution in [3.8, 4) is 11.8 Å². The van der Waals surface area contributed by atoms with Gasteiger partial charge in [-0.15, -0.1) is 0 Å². The van der Waals surface area contributed by atoms with Gasteiger partial charge in [-0.3, -0.25) is 0 Å². The molecule has 0 spiro atoms. The molecule has 0 atom stereocenters. The van der Waals surface area contributed by atoms with Crippen molar-refractivity contribution in [2.24, 2.45) is 4.99 Å². The van der Waals surface area contributed by atoms with Gasteiger partial charge in [-0.2, -0.15) is 10.3 Å². The second-order valence-corrected chi connectivity index (χ2v) is 2.20. The summed E-state index contributed by atoms with van der Waals surface area (Å²) in [5.41, 5.74) is 0.598. The van der Waals surface area contributed by atoms with E-state index in [0.717, 1.165) is 0 Å². The highest BCUT2D eigenvalue weighted by molar-refractivity contribution is 5.60. The fraction of sp³-hybridized carbons (Fsp3) is 0.111. The molecule has 13 heavy (non-hydrogen) atoms. The zero-order valence-corrected chi connectivity index (χ0v) is 6.94. The maximum absolute atomic E-state index is 10.0. The van der Waals surface area contributed by atoms with Gasteiger partial charge in [0.25, 0.3) is 0 Å². The average molecular weight is 174 g/mol. The van der Waals surface area contributed by atoms with Crippen LogP contribution >= 0.6 is 0 Å². The summed E-state index contributed by atoms with van der Waals surface area (Å²) in [6.45, 7) is 0. The molecule has 0 aliphatic rings. The Hall–Kier alpha value is -2.11. The summed E-state index contributed by atoms with van der Waals surface area (Å²) in [6.07, 6.45) is 1.38. The fourth-order valence-corrected chi connectivity index (χ4v) is 0.875. The third-order valence-corrected chi connectivity index (χ3v) is 1.49. The molecule has 0 aliphatic heterocycles. The minimum Gasteiger partial charge on any atom is -0.497 e. The molecular weight excluding hydrogens is 168 g/mol. The van der Waals surface area contributed by atoms with Crippen molar-refractivity contribution in [3.05, 3.63) is 23.8 Å². The number of nitrogens with zero attached hydrogens (tertiary/aromatic N) is 2. The molecule has 0 heterocycles. The van der Waals surface area contributed by atoms with E-state index < -0.39 is 0 Å². The number of isocyanates is 1. The van der Waals surface area contributed by atoms with Crippen LogP contribution in [0.1, 0.15) is 5.56 Å². The first kappa shape index (κ1) is 8.98. The van der Waals surface area contributed by atoms with Crippen LogP contribution in [-0.4, -0.2) is 13.2 Å². The number of hydrogen-bond acceptors (Lipinski definition) is 4. The summed E-state index contributed by atoms with van der Waals surface area (Å²) in [5, 5.41) is 8.63. The largest absolute Gasteiger partial charge is 0.497 e. The Morgan fingerprint density at radius 2 is 2.31 bits per heavy atom. The SMILES string of the molecule is COc1ccc(C#N)c(N=C=O)c1. The molecule has 0 saturated heterocycles. The average Bonchev–Trinajstić information content (AvgIpc) is 2.18. The van der Waals surface area contributed by atoms with E-state index in [9.17, 15) is 4.79 Å². The fourth-order valence-electron chi connectivity index (χ4n) is 0.875. The van der Waals surface area contributed by atoms with E-state index in [0.29, 0.717) is 11.3 Å². The van der Waals surface area contributed by atoms with Crippen LogP contribution in [0.2, 0.25) is 0 Å². The van der Waals surface area contributed by atoms with Crippen molar-refractivity contribution >= 4 is 11.8 Å². The first-order chi connectivity index (χ1) is 6.31. The number of benzene rings is 1. The van der Waals surface area contributed by atoms with Gasteiger partial charge in [0.15, 0.2) is 0 Å². The summed E-state index contributed by atoms with van der Waals surface area (Å²) in [7, 11) is 1.50. The van der Waals surface area contributed by atoms with E-state index in [4.69, 9.17) is 10.00 Å². The van der Waals surface area contributed by atoms with Gasteiger partial charge in [-0.05, 0) is 12.1 Å². The monoisotopic (exact) mass is 174 g/mol. The Balaban J connectivity index is 3.27. The molecule has 0 radical (unpaired) electrons. The van der Waals surface area contributed by atoms with E-state index >= 15 is 0 Å². The van der Waals surface area contributed by atoms with Crippen LogP contribution in [0.15, 0.2) is 23.2 Å². The minimum absolute atomic E-state index is 0.275. The number of carbonyl (C=O) groups excluding carboxylic acids is 1. The van der Waals surface area contributed by atoms with Crippen LogP contribution in [0, 0.1) is 11.3 Å². The quantitative estimate of drug-likeness (QED) is 0.504. The molecular formula is C9H6N2O2. The lowest BCUT2D eigenvalue weighted by molar-refractivity contribution is 0.415. The number of nitriles is 1. The predicted molar refractivity (Wildman–Crippen MR) is 45.5 cm³/mol. The molecule has 0 aromatic heterocycles. The van der Waals surface area contributed by atoms with Gasteiger partial charge in [-0.1, -0.05) is 0 Å². The third-order valence-electron chi connectivity index (χ3n) is 1.49. The second-order valence-electron chi connectivity index (χ2n) is 2.20. The molecule has 1 aromatic rings. The van der Waals surface area contributed by atoms with Crippen LogP contribution in [0.25, 0.3) is 0 Å². The standard InChI is InChI=1S/C9H6N2O2/c1-13-8-3-2-7(5-10)9(4-8)11-6-12/h2-4H,1H3. The summed E-state index contributed by atoms with van der Waals surface area (Å²) in [5.74, 6) is 0.549. The lowest BCUT2D eigenvalue weighted by Crippen LogP contribution is -1.83. The summed E-state index contributed by atoms with van der Waals surface area (Å²) in [4.78, 5) is 13.4. The Labute approximate surface area is 75.1 Å². The first-order valence-corrected chi connectivity index (χ1v) is 3.48.